The number of hydrogen-bond acceptors (Lipinski definition) is 3. The molecule has 2 aromatic carbocycles. The van der Waals surface area contributed by atoms with Crippen LogP contribution in [0.25, 0.3) is 0 Å². The van der Waals surface area contributed by atoms with Crippen molar-refractivity contribution in [3.8, 4) is 11.5 Å². The van der Waals surface area contributed by atoms with E-state index in [0.29, 0.717) is 6.61 Å². The lowest BCUT2D eigenvalue weighted by Gasteiger charge is -2.11. The molecule has 122 valence electrons. The van der Waals surface area contributed by atoms with E-state index in [1.807, 2.05) is 56.3 Å². The molecule has 0 atom stereocenters. The highest BCUT2D eigenvalue weighted by Gasteiger charge is 2.06. The molecule has 4 heteroatoms. The lowest BCUT2D eigenvalue weighted by Crippen LogP contribution is -2.20. The van der Waals surface area contributed by atoms with Crippen molar-refractivity contribution in [1.29, 1.82) is 0 Å². The first kappa shape index (κ1) is 16.9. The maximum Gasteiger partial charge on any atom is 0.262 e. The predicted molar refractivity (Wildman–Crippen MR) is 92.3 cm³/mol. The third-order valence-corrected chi connectivity index (χ3v) is 3.52. The Morgan fingerprint density at radius 3 is 2.48 bits per heavy atom. The smallest absolute Gasteiger partial charge is 0.262 e. The fraction of sp³-hybridized carbons (Fsp3) is 0.316. The maximum absolute atomic E-state index is 12.0. The molecule has 0 radical (unpaired) electrons. The highest BCUT2D eigenvalue weighted by atomic mass is 16.5. The first-order valence-electron chi connectivity index (χ1n) is 7.82. The second-order valence-corrected chi connectivity index (χ2v) is 5.41. The van der Waals surface area contributed by atoms with Crippen LogP contribution in [-0.2, 0) is 4.79 Å². The van der Waals surface area contributed by atoms with Gasteiger partial charge in [0.1, 0.15) is 11.5 Å². The number of aryl methyl sites for hydroxylation is 1. The highest BCUT2D eigenvalue weighted by Crippen LogP contribution is 2.20. The summed E-state index contributed by atoms with van der Waals surface area (Å²) < 4.78 is 11.1. The molecule has 0 aliphatic heterocycles. The summed E-state index contributed by atoms with van der Waals surface area (Å²) in [7, 11) is 0. The molecule has 0 heterocycles. The van der Waals surface area contributed by atoms with Gasteiger partial charge < -0.3 is 14.8 Å². The zero-order valence-corrected chi connectivity index (χ0v) is 13.9. The van der Waals surface area contributed by atoms with Crippen molar-refractivity contribution in [1.82, 2.24) is 0 Å². The van der Waals surface area contributed by atoms with Crippen molar-refractivity contribution in [2.75, 3.05) is 18.5 Å². The average molecular weight is 313 g/mol. The van der Waals surface area contributed by atoms with E-state index >= 15 is 0 Å². The topological polar surface area (TPSA) is 47.6 Å². The van der Waals surface area contributed by atoms with E-state index in [1.165, 1.54) is 0 Å². The van der Waals surface area contributed by atoms with Gasteiger partial charge in [-0.05, 0) is 61.7 Å². The van der Waals surface area contributed by atoms with Crippen molar-refractivity contribution < 1.29 is 14.3 Å². The van der Waals surface area contributed by atoms with Gasteiger partial charge >= 0.3 is 0 Å². The minimum Gasteiger partial charge on any atom is -0.494 e. The first-order chi connectivity index (χ1) is 11.1. The van der Waals surface area contributed by atoms with Gasteiger partial charge in [0.05, 0.1) is 6.61 Å². The third-order valence-electron chi connectivity index (χ3n) is 3.52. The Bertz CT molecular complexity index is 650. The summed E-state index contributed by atoms with van der Waals surface area (Å²) in [5, 5.41) is 2.81. The number of amides is 1. The van der Waals surface area contributed by atoms with Crippen molar-refractivity contribution in [2.45, 2.75) is 27.2 Å². The van der Waals surface area contributed by atoms with Gasteiger partial charge in [-0.25, -0.2) is 0 Å². The number of ether oxygens (including phenoxy) is 2. The summed E-state index contributed by atoms with van der Waals surface area (Å²) in [4.78, 5) is 12.0. The van der Waals surface area contributed by atoms with Crippen LogP contribution < -0.4 is 14.8 Å². The zero-order chi connectivity index (χ0) is 16.7. The lowest BCUT2D eigenvalue weighted by atomic mass is 10.1. The van der Waals surface area contributed by atoms with E-state index in [0.717, 1.165) is 34.7 Å². The SMILES string of the molecule is CCCOc1ccc(NC(=O)COc2cccc(C)c2C)cc1. The zero-order valence-electron chi connectivity index (χ0n) is 13.9. The van der Waals surface area contributed by atoms with Crippen LogP contribution in [0.4, 0.5) is 5.69 Å². The van der Waals surface area contributed by atoms with Gasteiger partial charge in [-0.1, -0.05) is 19.1 Å². The monoisotopic (exact) mass is 313 g/mol. The number of nitrogens with one attached hydrogen (secondary N) is 1. The molecule has 23 heavy (non-hydrogen) atoms. The summed E-state index contributed by atoms with van der Waals surface area (Å²) in [5.41, 5.74) is 2.92. The molecule has 0 spiro atoms. The fourth-order valence-electron chi connectivity index (χ4n) is 2.08. The Morgan fingerprint density at radius 1 is 1.04 bits per heavy atom. The standard InChI is InChI=1S/C19H23NO3/c1-4-12-22-17-10-8-16(9-11-17)20-19(21)13-23-18-7-5-6-14(2)15(18)3/h5-11H,4,12-13H2,1-3H3,(H,20,21). The van der Waals surface area contributed by atoms with Gasteiger partial charge in [0, 0.05) is 5.69 Å². The third kappa shape index (κ3) is 5.02. The largest absolute Gasteiger partial charge is 0.494 e. The van der Waals surface area contributed by atoms with Crippen molar-refractivity contribution in [3.05, 3.63) is 53.6 Å². The van der Waals surface area contributed by atoms with Crippen LogP contribution in [0, 0.1) is 13.8 Å². The van der Waals surface area contributed by atoms with Crippen molar-refractivity contribution in [3.63, 3.8) is 0 Å². The molecule has 0 unspecified atom stereocenters. The van der Waals surface area contributed by atoms with Crippen LogP contribution >= 0.6 is 0 Å². The number of carbonyl (C=O) groups is 1. The number of carbonyl (C=O) groups excluding carboxylic acids is 1. The first-order valence-corrected chi connectivity index (χ1v) is 7.82. The fourth-order valence-corrected chi connectivity index (χ4v) is 2.08. The van der Waals surface area contributed by atoms with Gasteiger partial charge in [-0.15, -0.1) is 0 Å². The highest BCUT2D eigenvalue weighted by molar-refractivity contribution is 5.91. The Morgan fingerprint density at radius 2 is 1.78 bits per heavy atom. The van der Waals surface area contributed by atoms with Crippen LogP contribution in [0.3, 0.4) is 0 Å². The van der Waals surface area contributed by atoms with Crippen LogP contribution in [0.1, 0.15) is 24.5 Å². The Labute approximate surface area is 137 Å². The van der Waals surface area contributed by atoms with Gasteiger partial charge in [-0.3, -0.25) is 4.79 Å². The van der Waals surface area contributed by atoms with E-state index in [-0.39, 0.29) is 12.5 Å². The molecule has 0 bridgehead atoms. The molecule has 2 rings (SSSR count). The van der Waals surface area contributed by atoms with Gasteiger partial charge in [0.15, 0.2) is 6.61 Å². The quantitative estimate of drug-likeness (QED) is 0.837. The normalized spacial score (nSPS) is 10.2. The summed E-state index contributed by atoms with van der Waals surface area (Å²) >= 11 is 0. The summed E-state index contributed by atoms with van der Waals surface area (Å²) in [6.45, 7) is 6.74. The minimum absolute atomic E-state index is 0.0155. The minimum atomic E-state index is -0.187. The summed E-state index contributed by atoms with van der Waals surface area (Å²) in [6, 6.07) is 13.1. The van der Waals surface area contributed by atoms with Gasteiger partial charge in [-0.2, -0.15) is 0 Å². The molecule has 4 nitrogen and oxygen atoms in total. The Kier molecular flexibility index (Phi) is 6.03. The number of hydrogen-bond donors (Lipinski definition) is 1. The second kappa shape index (κ2) is 8.22. The van der Waals surface area contributed by atoms with Crippen molar-refractivity contribution in [2.24, 2.45) is 0 Å². The van der Waals surface area contributed by atoms with E-state index < -0.39 is 0 Å². The molecular weight excluding hydrogens is 290 g/mol. The lowest BCUT2D eigenvalue weighted by molar-refractivity contribution is -0.118. The maximum atomic E-state index is 12.0. The van der Waals surface area contributed by atoms with Crippen LogP contribution in [0.15, 0.2) is 42.5 Å². The van der Waals surface area contributed by atoms with Crippen molar-refractivity contribution >= 4 is 11.6 Å². The number of anilines is 1. The van der Waals surface area contributed by atoms with Crippen LogP contribution in [0.2, 0.25) is 0 Å². The Balaban J connectivity index is 1.86. The average Bonchev–Trinajstić information content (AvgIpc) is 2.55. The second-order valence-electron chi connectivity index (χ2n) is 5.41. The van der Waals surface area contributed by atoms with E-state index in [2.05, 4.69) is 12.2 Å². The molecule has 2 aromatic rings. The molecule has 0 fully saturated rings. The molecule has 0 saturated heterocycles. The predicted octanol–water partition coefficient (Wildman–Crippen LogP) is 4.11. The molecule has 0 saturated carbocycles. The van der Waals surface area contributed by atoms with Crippen LogP contribution in [-0.4, -0.2) is 19.1 Å². The van der Waals surface area contributed by atoms with Gasteiger partial charge in [0.25, 0.3) is 5.91 Å². The number of rotatable bonds is 7. The number of benzene rings is 2. The molecular formula is C19H23NO3. The molecule has 1 amide bonds. The van der Waals surface area contributed by atoms with Crippen LogP contribution in [0.5, 0.6) is 11.5 Å². The van der Waals surface area contributed by atoms with E-state index in [4.69, 9.17) is 9.47 Å². The molecule has 0 aliphatic carbocycles. The summed E-state index contributed by atoms with van der Waals surface area (Å²) in [6.07, 6.45) is 0.966. The molecule has 0 aliphatic rings. The van der Waals surface area contributed by atoms with E-state index in [9.17, 15) is 4.79 Å². The molecule has 1 N–H and O–H groups in total. The summed E-state index contributed by atoms with van der Waals surface area (Å²) in [5.74, 6) is 1.35. The van der Waals surface area contributed by atoms with E-state index in [1.54, 1.807) is 0 Å². The van der Waals surface area contributed by atoms with Gasteiger partial charge in [0.2, 0.25) is 0 Å². The molecule has 0 aromatic heterocycles. The Hall–Kier alpha value is -2.49.